The van der Waals surface area contributed by atoms with Crippen LogP contribution in [0.3, 0.4) is 0 Å². The Balaban J connectivity index is 1.94. The van der Waals surface area contributed by atoms with E-state index in [1.165, 1.54) is 24.3 Å². The van der Waals surface area contributed by atoms with Crippen molar-refractivity contribution in [2.75, 3.05) is 13.1 Å². The molecule has 0 saturated carbocycles. The molecule has 1 aliphatic rings. The zero-order valence-corrected chi connectivity index (χ0v) is 12.6. The van der Waals surface area contributed by atoms with Gasteiger partial charge in [-0.05, 0) is 43.5 Å². The van der Waals surface area contributed by atoms with Gasteiger partial charge in [-0.3, -0.25) is 9.59 Å². The normalized spacial score (nSPS) is 17.1. The number of primary amides is 1. The number of ether oxygens (including phenoxy) is 1. The van der Waals surface area contributed by atoms with Crippen LogP contribution < -0.4 is 10.5 Å². The number of carbonyl (C=O) groups is 2. The van der Waals surface area contributed by atoms with Crippen molar-refractivity contribution in [3.63, 3.8) is 0 Å². The fourth-order valence-corrected chi connectivity index (χ4v) is 2.57. The van der Waals surface area contributed by atoms with Crippen LogP contribution in [0.25, 0.3) is 0 Å². The Labute approximate surface area is 129 Å². The predicted octanol–water partition coefficient (Wildman–Crippen LogP) is 1.71. The highest BCUT2D eigenvalue weighted by Crippen LogP contribution is 2.20. The van der Waals surface area contributed by atoms with Crippen LogP contribution >= 0.6 is 0 Å². The lowest BCUT2D eigenvalue weighted by molar-refractivity contribution is -0.141. The Morgan fingerprint density at radius 1 is 1.32 bits per heavy atom. The molecular formula is C16H21FN2O3. The van der Waals surface area contributed by atoms with Crippen LogP contribution in [0.15, 0.2) is 24.3 Å². The maximum absolute atomic E-state index is 12.9. The Morgan fingerprint density at radius 2 is 1.91 bits per heavy atom. The van der Waals surface area contributed by atoms with E-state index in [-0.39, 0.29) is 23.5 Å². The van der Waals surface area contributed by atoms with E-state index < -0.39 is 6.10 Å². The number of halogens is 1. The predicted molar refractivity (Wildman–Crippen MR) is 79.6 cm³/mol. The standard InChI is InChI=1S/C16H21FN2O3/c1-2-14(22-13-5-3-12(17)4-6-13)16(21)19-9-7-11(8-10-19)15(18)20/h3-6,11,14H,2,7-10H2,1H3,(H2,18,20). The van der Waals surface area contributed by atoms with Crippen LogP contribution in [-0.2, 0) is 9.59 Å². The van der Waals surface area contributed by atoms with Gasteiger partial charge in [0.25, 0.3) is 5.91 Å². The molecule has 1 aliphatic heterocycles. The van der Waals surface area contributed by atoms with E-state index in [0.717, 1.165) is 0 Å². The first-order chi connectivity index (χ1) is 10.5. The van der Waals surface area contributed by atoms with E-state index in [1.54, 1.807) is 4.90 Å². The van der Waals surface area contributed by atoms with Crippen LogP contribution in [0.5, 0.6) is 5.75 Å². The molecule has 0 spiro atoms. The first-order valence-corrected chi connectivity index (χ1v) is 7.51. The maximum atomic E-state index is 12.9. The lowest BCUT2D eigenvalue weighted by Crippen LogP contribution is -2.47. The van der Waals surface area contributed by atoms with Crippen molar-refractivity contribution in [2.45, 2.75) is 32.3 Å². The van der Waals surface area contributed by atoms with E-state index in [2.05, 4.69) is 0 Å². The van der Waals surface area contributed by atoms with Crippen LogP contribution in [0, 0.1) is 11.7 Å². The van der Waals surface area contributed by atoms with Crippen molar-refractivity contribution in [3.05, 3.63) is 30.1 Å². The smallest absolute Gasteiger partial charge is 0.263 e. The van der Waals surface area contributed by atoms with Gasteiger partial charge in [0.1, 0.15) is 11.6 Å². The molecule has 1 aromatic rings. The molecule has 6 heteroatoms. The number of piperidine rings is 1. The van der Waals surface area contributed by atoms with Gasteiger partial charge in [-0.25, -0.2) is 4.39 Å². The van der Waals surface area contributed by atoms with Crippen molar-refractivity contribution < 1.29 is 18.7 Å². The van der Waals surface area contributed by atoms with Gasteiger partial charge in [0.15, 0.2) is 6.10 Å². The Morgan fingerprint density at radius 3 is 2.41 bits per heavy atom. The summed E-state index contributed by atoms with van der Waals surface area (Å²) in [6, 6.07) is 5.60. The van der Waals surface area contributed by atoms with E-state index in [1.807, 2.05) is 6.92 Å². The first kappa shape index (κ1) is 16.3. The summed E-state index contributed by atoms with van der Waals surface area (Å²) in [6.07, 6.45) is 1.10. The summed E-state index contributed by atoms with van der Waals surface area (Å²) in [7, 11) is 0. The molecule has 1 fully saturated rings. The number of likely N-dealkylation sites (tertiary alicyclic amines) is 1. The molecule has 2 rings (SSSR count). The quantitative estimate of drug-likeness (QED) is 0.900. The molecule has 1 atom stereocenters. The SMILES string of the molecule is CCC(Oc1ccc(F)cc1)C(=O)N1CCC(C(N)=O)CC1. The highest BCUT2D eigenvalue weighted by Gasteiger charge is 2.30. The van der Waals surface area contributed by atoms with Crippen LogP contribution in [-0.4, -0.2) is 35.9 Å². The molecule has 5 nitrogen and oxygen atoms in total. The number of nitrogens with zero attached hydrogens (tertiary/aromatic N) is 1. The molecule has 0 aliphatic carbocycles. The van der Waals surface area contributed by atoms with E-state index in [4.69, 9.17) is 10.5 Å². The number of nitrogens with two attached hydrogens (primary N) is 1. The largest absolute Gasteiger partial charge is 0.481 e. The van der Waals surface area contributed by atoms with E-state index in [9.17, 15) is 14.0 Å². The van der Waals surface area contributed by atoms with Crippen LogP contribution in [0.2, 0.25) is 0 Å². The molecule has 2 N–H and O–H groups in total. The van der Waals surface area contributed by atoms with Gasteiger partial charge in [-0.1, -0.05) is 6.92 Å². The molecule has 1 aromatic carbocycles. The Bertz CT molecular complexity index is 525. The monoisotopic (exact) mass is 308 g/mol. The van der Waals surface area contributed by atoms with Gasteiger partial charge in [-0.2, -0.15) is 0 Å². The third-order valence-electron chi connectivity index (χ3n) is 3.95. The van der Waals surface area contributed by atoms with Crippen LogP contribution in [0.1, 0.15) is 26.2 Å². The molecule has 1 heterocycles. The molecule has 0 radical (unpaired) electrons. The van der Waals surface area contributed by atoms with Gasteiger partial charge in [0.05, 0.1) is 0 Å². The summed E-state index contributed by atoms with van der Waals surface area (Å²) < 4.78 is 18.5. The second-order valence-corrected chi connectivity index (χ2v) is 5.47. The molecule has 1 saturated heterocycles. The minimum absolute atomic E-state index is 0.102. The molecule has 0 bridgehead atoms. The molecule has 0 aromatic heterocycles. The van der Waals surface area contributed by atoms with Crippen molar-refractivity contribution >= 4 is 11.8 Å². The number of amides is 2. The zero-order chi connectivity index (χ0) is 16.1. The molecular weight excluding hydrogens is 287 g/mol. The maximum Gasteiger partial charge on any atom is 0.263 e. The van der Waals surface area contributed by atoms with Gasteiger partial charge in [-0.15, -0.1) is 0 Å². The van der Waals surface area contributed by atoms with Gasteiger partial charge in [0, 0.05) is 19.0 Å². The van der Waals surface area contributed by atoms with Crippen molar-refractivity contribution in [2.24, 2.45) is 11.7 Å². The average molecular weight is 308 g/mol. The summed E-state index contributed by atoms with van der Waals surface area (Å²) in [5, 5.41) is 0. The minimum Gasteiger partial charge on any atom is -0.481 e. The summed E-state index contributed by atoms with van der Waals surface area (Å²) in [6.45, 7) is 2.88. The van der Waals surface area contributed by atoms with Crippen molar-refractivity contribution in [1.29, 1.82) is 0 Å². The Hall–Kier alpha value is -2.11. The summed E-state index contributed by atoms with van der Waals surface area (Å²) >= 11 is 0. The second kappa shape index (κ2) is 7.24. The molecule has 2 amide bonds. The number of hydrogen-bond donors (Lipinski definition) is 1. The fourth-order valence-electron chi connectivity index (χ4n) is 2.57. The van der Waals surface area contributed by atoms with Gasteiger partial charge < -0.3 is 15.4 Å². The number of hydrogen-bond acceptors (Lipinski definition) is 3. The lowest BCUT2D eigenvalue weighted by atomic mass is 9.96. The summed E-state index contributed by atoms with van der Waals surface area (Å²) in [4.78, 5) is 25.3. The first-order valence-electron chi connectivity index (χ1n) is 7.51. The van der Waals surface area contributed by atoms with Crippen LogP contribution in [0.4, 0.5) is 4.39 Å². The zero-order valence-electron chi connectivity index (χ0n) is 12.6. The Kier molecular flexibility index (Phi) is 5.35. The fraction of sp³-hybridized carbons (Fsp3) is 0.500. The average Bonchev–Trinajstić information content (AvgIpc) is 2.53. The molecule has 22 heavy (non-hydrogen) atoms. The number of benzene rings is 1. The minimum atomic E-state index is -0.601. The highest BCUT2D eigenvalue weighted by atomic mass is 19.1. The molecule has 120 valence electrons. The summed E-state index contributed by atoms with van der Waals surface area (Å²) in [5.74, 6) is -0.438. The topological polar surface area (TPSA) is 72.6 Å². The van der Waals surface area contributed by atoms with Crippen molar-refractivity contribution in [3.8, 4) is 5.75 Å². The number of rotatable bonds is 5. The highest BCUT2D eigenvalue weighted by molar-refractivity contribution is 5.82. The van der Waals surface area contributed by atoms with E-state index >= 15 is 0 Å². The van der Waals surface area contributed by atoms with Crippen molar-refractivity contribution in [1.82, 2.24) is 4.90 Å². The lowest BCUT2D eigenvalue weighted by Gasteiger charge is -2.33. The summed E-state index contributed by atoms with van der Waals surface area (Å²) in [5.41, 5.74) is 5.29. The second-order valence-electron chi connectivity index (χ2n) is 5.47. The van der Waals surface area contributed by atoms with E-state index in [0.29, 0.717) is 38.1 Å². The number of carbonyl (C=O) groups excluding carboxylic acids is 2. The third-order valence-corrected chi connectivity index (χ3v) is 3.95. The van der Waals surface area contributed by atoms with Gasteiger partial charge >= 0.3 is 0 Å². The third kappa shape index (κ3) is 3.96. The van der Waals surface area contributed by atoms with Gasteiger partial charge in [0.2, 0.25) is 5.91 Å². The molecule has 1 unspecified atom stereocenters.